The first-order valence-corrected chi connectivity index (χ1v) is 30.9. The number of halogens is 2. The first kappa shape index (κ1) is 60.6. The number of hydrogen-bond donors (Lipinski definition) is 0. The Balaban J connectivity index is 0.000000154. The van der Waals surface area contributed by atoms with Crippen LogP contribution in [0.4, 0.5) is 0 Å². The molecule has 0 amide bonds. The van der Waals surface area contributed by atoms with Crippen molar-refractivity contribution in [2.75, 3.05) is 0 Å². The van der Waals surface area contributed by atoms with Gasteiger partial charge in [-0.15, -0.1) is 0 Å². The fourth-order valence-electron chi connectivity index (χ4n) is 11.7. The summed E-state index contributed by atoms with van der Waals surface area (Å²) in [4.78, 5) is 32.4. The SMILES string of the molecule is C.CC1(C)OB(c2ccc(-c3nccc4ccccc34)cc2)OC1(C)C.Clc1cc(-c2cccc3ccccc23)nc(Cl)n1.[2HH].c1ccc2c(-c3cc(-c4ccc(-c5nccc6ccccc56)cc4)nc(-c4ccc(-c5nccc6ccccc56)cc4)n3)cccc2c1. The molecular weight excluding hydrogens is 1170 g/mol. The maximum Gasteiger partial charge on any atom is 0.494 e. The molecule has 1 aliphatic rings. The van der Waals surface area contributed by atoms with Gasteiger partial charge in [0.05, 0.1) is 45.4 Å². The van der Waals surface area contributed by atoms with Crippen molar-refractivity contribution in [2.24, 2.45) is 0 Å². The van der Waals surface area contributed by atoms with Crippen LogP contribution in [0.3, 0.4) is 0 Å². The zero-order valence-electron chi connectivity index (χ0n) is 50.3. The molecule has 0 bridgehead atoms. The molecule has 1 saturated heterocycles. The standard InChI is InChI=1S/C44H28N4.C21H22BNO2.C14H8Cl2N2.CH4.H2/c1-4-12-36-29(8-1)11-7-15-39(36)41-28-40(32-16-18-33(19-17-32)42-37-13-5-2-9-30(37)24-26-45-42)47-44(48-41)35-22-20-34(21-23-35)43-38-14-6-3-10-31(38)25-27-46-43;1-20(2)21(3,4)25-22(24-20)17-11-9-16(10-12-17)19-18-8-6-5-7-15(18)13-14-23-19;15-13-8-12(17-14(16)18-13)11-7-3-5-9-4-1-2-6-10(9)11;;/h1-28H;5-14H,1-4H3;1-8H;1H4;1H/i;;;;1+1. The third-order valence-corrected chi connectivity index (χ3v) is 17.5. The summed E-state index contributed by atoms with van der Waals surface area (Å²) in [5.41, 5.74) is 13.0. The first-order chi connectivity index (χ1) is 44.4. The lowest BCUT2D eigenvalue weighted by Crippen LogP contribution is -2.41. The minimum atomic E-state index is -0.334. The van der Waals surface area contributed by atoms with Gasteiger partial charge in [-0.3, -0.25) is 15.0 Å². The molecule has 16 rings (SSSR count). The average molecular weight is 1240 g/mol. The van der Waals surface area contributed by atoms with E-state index in [1.165, 1.54) is 21.5 Å². The highest BCUT2D eigenvalue weighted by molar-refractivity contribution is 6.62. The zero-order valence-corrected chi connectivity index (χ0v) is 51.9. The van der Waals surface area contributed by atoms with Crippen LogP contribution in [-0.4, -0.2) is 53.2 Å². The van der Waals surface area contributed by atoms with Gasteiger partial charge in [0.15, 0.2) is 5.82 Å². The van der Waals surface area contributed by atoms with Gasteiger partial charge in [0.2, 0.25) is 5.28 Å². The number of pyridine rings is 3. The topological polar surface area (TPSA) is 109 Å². The van der Waals surface area contributed by atoms with Crippen LogP contribution in [0.1, 0.15) is 36.5 Å². The summed E-state index contributed by atoms with van der Waals surface area (Å²) in [5.74, 6) is 0.674. The van der Waals surface area contributed by atoms with Crippen molar-refractivity contribution < 1.29 is 10.7 Å². The van der Waals surface area contributed by atoms with E-state index >= 15 is 0 Å². The van der Waals surface area contributed by atoms with Gasteiger partial charge in [0.25, 0.3) is 0 Å². The number of fused-ring (bicyclic) bond motifs is 5. The van der Waals surface area contributed by atoms with Gasteiger partial charge in [0.1, 0.15) is 5.15 Å². The number of benzene rings is 10. The normalized spacial score (nSPS) is 13.1. The Labute approximate surface area is 547 Å². The molecule has 1 fully saturated rings. The summed E-state index contributed by atoms with van der Waals surface area (Å²) < 4.78 is 12.3. The summed E-state index contributed by atoms with van der Waals surface area (Å²) >= 11 is 11.8. The average Bonchev–Trinajstić information content (AvgIpc) is 1.91. The van der Waals surface area contributed by atoms with Gasteiger partial charge in [-0.25, -0.2) is 19.9 Å². The molecule has 448 valence electrons. The molecule has 5 aromatic heterocycles. The largest absolute Gasteiger partial charge is 0.494 e. The van der Waals surface area contributed by atoms with Gasteiger partial charge in [-0.2, -0.15) is 0 Å². The Kier molecular flexibility index (Phi) is 17.0. The highest BCUT2D eigenvalue weighted by atomic mass is 35.5. The number of rotatable bonds is 8. The Bertz CT molecular complexity index is 4990. The van der Waals surface area contributed by atoms with Gasteiger partial charge in [-0.05, 0) is 107 Å². The molecule has 15 aromatic rings. The third kappa shape index (κ3) is 12.4. The fourth-order valence-corrected chi connectivity index (χ4v) is 12.1. The molecule has 6 heterocycles. The zero-order chi connectivity index (χ0) is 62.1. The second kappa shape index (κ2) is 25.9. The van der Waals surface area contributed by atoms with Crippen molar-refractivity contribution in [3.05, 3.63) is 290 Å². The molecule has 1 aliphatic heterocycles. The molecule has 0 N–H and O–H groups in total. The van der Waals surface area contributed by atoms with Crippen LogP contribution in [0.15, 0.2) is 279 Å². The highest BCUT2D eigenvalue weighted by Gasteiger charge is 2.51. The maximum atomic E-state index is 6.13. The molecule has 9 nitrogen and oxygen atoms in total. The lowest BCUT2D eigenvalue weighted by atomic mass is 9.78. The van der Waals surface area contributed by atoms with Crippen LogP contribution in [0.25, 0.3) is 133 Å². The van der Waals surface area contributed by atoms with Gasteiger partial charge >= 0.3 is 7.12 Å². The van der Waals surface area contributed by atoms with Crippen LogP contribution in [0, 0.1) is 0 Å². The summed E-state index contributed by atoms with van der Waals surface area (Å²) in [6.45, 7) is 8.28. The molecule has 92 heavy (non-hydrogen) atoms. The fraction of sp³-hybridized carbons (Fsp3) is 0.0875. The van der Waals surface area contributed by atoms with E-state index < -0.39 is 0 Å². The molecule has 0 radical (unpaired) electrons. The van der Waals surface area contributed by atoms with E-state index in [4.69, 9.17) is 52.4 Å². The van der Waals surface area contributed by atoms with Gasteiger partial charge in [-0.1, -0.05) is 250 Å². The van der Waals surface area contributed by atoms with Crippen molar-refractivity contribution in [3.8, 4) is 78.9 Å². The van der Waals surface area contributed by atoms with Gasteiger partial charge in [0, 0.05) is 81.2 Å². The van der Waals surface area contributed by atoms with Crippen LogP contribution in [0.2, 0.25) is 10.4 Å². The Morgan fingerprint density at radius 1 is 0.337 bits per heavy atom. The van der Waals surface area contributed by atoms with Gasteiger partial charge < -0.3 is 9.31 Å². The molecular formula is C80H64BCl2N7O2. The van der Waals surface area contributed by atoms with Crippen molar-refractivity contribution in [2.45, 2.75) is 46.3 Å². The van der Waals surface area contributed by atoms with Crippen LogP contribution >= 0.6 is 23.2 Å². The molecule has 0 atom stereocenters. The maximum absolute atomic E-state index is 6.13. The van der Waals surface area contributed by atoms with Crippen molar-refractivity contribution in [3.63, 3.8) is 0 Å². The van der Waals surface area contributed by atoms with Crippen molar-refractivity contribution >= 4 is 89.6 Å². The van der Waals surface area contributed by atoms with E-state index in [1.807, 2.05) is 67.1 Å². The predicted molar refractivity (Wildman–Crippen MR) is 384 cm³/mol. The predicted octanol–water partition coefficient (Wildman–Crippen LogP) is 20.7. The second-order valence-corrected chi connectivity index (χ2v) is 24.1. The molecule has 10 aromatic carbocycles. The molecule has 0 spiro atoms. The Morgan fingerprint density at radius 2 is 0.685 bits per heavy atom. The number of nitrogens with zero attached hydrogens (tertiary/aromatic N) is 7. The Hall–Kier alpha value is -10.3. The summed E-state index contributed by atoms with van der Waals surface area (Å²) in [6.07, 6.45) is 5.61. The molecule has 0 unspecified atom stereocenters. The van der Waals surface area contributed by atoms with E-state index in [2.05, 4.69) is 249 Å². The summed E-state index contributed by atoms with van der Waals surface area (Å²) in [6, 6.07) is 89.3. The van der Waals surface area contributed by atoms with Crippen molar-refractivity contribution in [1.82, 2.24) is 34.9 Å². The summed E-state index contributed by atoms with van der Waals surface area (Å²) in [5, 5.41) is 12.1. The number of aromatic nitrogens is 7. The third-order valence-electron chi connectivity index (χ3n) is 17.1. The minimum absolute atomic E-state index is 0. The smallest absolute Gasteiger partial charge is 0.399 e. The molecule has 12 heteroatoms. The van der Waals surface area contributed by atoms with Crippen LogP contribution < -0.4 is 5.46 Å². The lowest BCUT2D eigenvalue weighted by molar-refractivity contribution is 0.00578. The Morgan fingerprint density at radius 3 is 1.12 bits per heavy atom. The highest BCUT2D eigenvalue weighted by Crippen LogP contribution is 2.39. The van der Waals surface area contributed by atoms with E-state index in [9.17, 15) is 0 Å². The first-order valence-electron chi connectivity index (χ1n) is 30.1. The molecule has 0 saturated carbocycles. The number of hydrogen-bond acceptors (Lipinski definition) is 9. The molecule has 0 aliphatic carbocycles. The summed E-state index contributed by atoms with van der Waals surface area (Å²) in [7, 11) is -0.334. The van der Waals surface area contributed by atoms with E-state index in [0.29, 0.717) is 11.0 Å². The van der Waals surface area contributed by atoms with E-state index in [1.54, 1.807) is 6.07 Å². The van der Waals surface area contributed by atoms with Crippen LogP contribution in [0.5, 0.6) is 0 Å². The minimum Gasteiger partial charge on any atom is -0.399 e. The van der Waals surface area contributed by atoms with E-state index in [-0.39, 0.29) is 32.5 Å². The lowest BCUT2D eigenvalue weighted by Gasteiger charge is -2.32. The quantitative estimate of drug-likeness (QED) is 0.0835. The van der Waals surface area contributed by atoms with E-state index in [0.717, 1.165) is 111 Å². The second-order valence-electron chi connectivity index (χ2n) is 23.4. The van der Waals surface area contributed by atoms with Crippen LogP contribution in [-0.2, 0) is 9.31 Å². The van der Waals surface area contributed by atoms with Crippen molar-refractivity contribution in [1.29, 1.82) is 0 Å². The monoisotopic (exact) mass is 1240 g/mol.